The Morgan fingerprint density at radius 1 is 1.00 bits per heavy atom. The predicted molar refractivity (Wildman–Crippen MR) is 126 cm³/mol. The van der Waals surface area contributed by atoms with Crippen molar-refractivity contribution in [3.63, 3.8) is 0 Å². The van der Waals surface area contributed by atoms with E-state index in [0.29, 0.717) is 28.1 Å². The number of aromatic amines is 1. The van der Waals surface area contributed by atoms with Crippen LogP contribution in [0.2, 0.25) is 0 Å². The van der Waals surface area contributed by atoms with Gasteiger partial charge in [0, 0.05) is 11.3 Å². The number of anilines is 1. The Bertz CT molecular complexity index is 1390. The van der Waals surface area contributed by atoms with E-state index < -0.39 is 16.0 Å². The molecule has 8 nitrogen and oxygen atoms in total. The van der Waals surface area contributed by atoms with E-state index in [0.717, 1.165) is 11.3 Å². The van der Waals surface area contributed by atoms with E-state index in [4.69, 9.17) is 9.47 Å². The van der Waals surface area contributed by atoms with Crippen LogP contribution in [0, 0.1) is 0 Å². The van der Waals surface area contributed by atoms with Crippen LogP contribution in [0.3, 0.4) is 0 Å². The number of esters is 1. The topological polar surface area (TPSA) is 110 Å². The lowest BCUT2D eigenvalue weighted by atomic mass is 10.2. The van der Waals surface area contributed by atoms with Gasteiger partial charge in [-0.2, -0.15) is 0 Å². The number of aromatic nitrogens is 2. The Kier molecular flexibility index (Phi) is 6.06. The van der Waals surface area contributed by atoms with Gasteiger partial charge >= 0.3 is 5.97 Å². The fourth-order valence-corrected chi connectivity index (χ4v) is 4.30. The molecule has 0 atom stereocenters. The van der Waals surface area contributed by atoms with Gasteiger partial charge in [0.15, 0.2) is 0 Å². The van der Waals surface area contributed by atoms with Crippen molar-refractivity contribution in [3.05, 3.63) is 72.3 Å². The van der Waals surface area contributed by atoms with Crippen LogP contribution in [0.25, 0.3) is 22.4 Å². The number of sulfonamides is 1. The predicted octanol–water partition coefficient (Wildman–Crippen LogP) is 4.60. The standard InChI is InChI=1S/C24H23N3O5S/c1-15(2)32-24(28)17-4-8-18(9-5-17)27-33(29,30)20-12-13-21-22(14-20)26-23(25-21)16-6-10-19(31-3)11-7-16/h4-15,27H,1-3H3,(H,25,26). The molecule has 3 aromatic carbocycles. The fraction of sp³-hybridized carbons (Fsp3) is 0.167. The molecule has 4 rings (SSSR count). The number of benzene rings is 3. The zero-order chi connectivity index (χ0) is 23.6. The molecule has 0 aliphatic rings. The summed E-state index contributed by atoms with van der Waals surface area (Å²) in [4.78, 5) is 19.7. The van der Waals surface area contributed by atoms with Crippen molar-refractivity contribution in [1.29, 1.82) is 0 Å². The van der Waals surface area contributed by atoms with E-state index in [1.165, 1.54) is 36.4 Å². The minimum Gasteiger partial charge on any atom is -0.497 e. The van der Waals surface area contributed by atoms with E-state index >= 15 is 0 Å². The molecule has 0 fully saturated rings. The van der Waals surface area contributed by atoms with Crippen molar-refractivity contribution < 1.29 is 22.7 Å². The molecule has 0 spiro atoms. The van der Waals surface area contributed by atoms with Crippen molar-refractivity contribution >= 4 is 32.7 Å². The second-order valence-electron chi connectivity index (χ2n) is 7.63. The molecule has 170 valence electrons. The molecule has 2 N–H and O–H groups in total. The number of H-pyrrole nitrogens is 1. The van der Waals surface area contributed by atoms with Crippen molar-refractivity contribution in [2.45, 2.75) is 24.8 Å². The fourth-order valence-electron chi connectivity index (χ4n) is 3.21. The number of imidazole rings is 1. The first kappa shape index (κ1) is 22.3. The molecule has 0 bridgehead atoms. The van der Waals surface area contributed by atoms with E-state index in [9.17, 15) is 13.2 Å². The van der Waals surface area contributed by atoms with Gasteiger partial charge in [-0.1, -0.05) is 0 Å². The average molecular weight is 466 g/mol. The zero-order valence-electron chi connectivity index (χ0n) is 18.3. The Morgan fingerprint density at radius 3 is 2.33 bits per heavy atom. The van der Waals surface area contributed by atoms with Gasteiger partial charge in [0.1, 0.15) is 11.6 Å². The third-order valence-corrected chi connectivity index (χ3v) is 6.22. The summed E-state index contributed by atoms with van der Waals surface area (Å²) in [5.41, 5.74) is 2.77. The zero-order valence-corrected chi connectivity index (χ0v) is 19.1. The third-order valence-electron chi connectivity index (χ3n) is 4.84. The van der Waals surface area contributed by atoms with Crippen LogP contribution < -0.4 is 9.46 Å². The van der Waals surface area contributed by atoms with E-state index in [1.807, 2.05) is 24.3 Å². The highest BCUT2D eigenvalue weighted by atomic mass is 32.2. The van der Waals surface area contributed by atoms with Crippen molar-refractivity contribution in [2.24, 2.45) is 0 Å². The molecule has 0 saturated carbocycles. The molecule has 0 radical (unpaired) electrons. The van der Waals surface area contributed by atoms with Crippen LogP contribution in [0.15, 0.2) is 71.6 Å². The van der Waals surface area contributed by atoms with Crippen molar-refractivity contribution in [3.8, 4) is 17.1 Å². The van der Waals surface area contributed by atoms with Crippen LogP contribution in [0.1, 0.15) is 24.2 Å². The van der Waals surface area contributed by atoms with Gasteiger partial charge in [-0.3, -0.25) is 4.72 Å². The van der Waals surface area contributed by atoms with Gasteiger partial charge in [-0.05, 0) is 80.6 Å². The number of nitrogens with zero attached hydrogens (tertiary/aromatic N) is 1. The molecule has 0 amide bonds. The van der Waals surface area contributed by atoms with Gasteiger partial charge < -0.3 is 14.5 Å². The minimum atomic E-state index is -3.85. The Balaban J connectivity index is 1.55. The summed E-state index contributed by atoms with van der Waals surface area (Å²) in [6.45, 7) is 3.52. The first-order valence-electron chi connectivity index (χ1n) is 10.2. The number of methoxy groups -OCH3 is 1. The summed E-state index contributed by atoms with van der Waals surface area (Å²) in [5, 5.41) is 0. The quantitative estimate of drug-likeness (QED) is 0.386. The molecule has 0 unspecified atom stereocenters. The van der Waals surface area contributed by atoms with Gasteiger partial charge in [-0.15, -0.1) is 0 Å². The largest absolute Gasteiger partial charge is 0.497 e. The Labute approximate surface area is 191 Å². The molecule has 0 saturated heterocycles. The van der Waals surface area contributed by atoms with Crippen LogP contribution >= 0.6 is 0 Å². The summed E-state index contributed by atoms with van der Waals surface area (Å²) in [5.74, 6) is 0.898. The molecular weight excluding hydrogens is 442 g/mol. The number of ether oxygens (including phenoxy) is 2. The molecule has 1 heterocycles. The second kappa shape index (κ2) is 8.95. The number of nitrogens with one attached hydrogen (secondary N) is 2. The highest BCUT2D eigenvalue weighted by Gasteiger charge is 2.17. The average Bonchev–Trinajstić information content (AvgIpc) is 3.22. The lowest BCUT2D eigenvalue weighted by Gasteiger charge is -2.10. The van der Waals surface area contributed by atoms with E-state index in [1.54, 1.807) is 27.0 Å². The Morgan fingerprint density at radius 2 is 1.70 bits per heavy atom. The van der Waals surface area contributed by atoms with Crippen LogP contribution in [-0.2, 0) is 14.8 Å². The third kappa shape index (κ3) is 4.98. The van der Waals surface area contributed by atoms with Gasteiger partial charge in [0.25, 0.3) is 10.0 Å². The molecule has 33 heavy (non-hydrogen) atoms. The van der Waals surface area contributed by atoms with E-state index in [2.05, 4.69) is 14.7 Å². The lowest BCUT2D eigenvalue weighted by Crippen LogP contribution is -2.14. The first-order chi connectivity index (χ1) is 15.7. The second-order valence-corrected chi connectivity index (χ2v) is 9.31. The molecule has 9 heteroatoms. The van der Waals surface area contributed by atoms with Gasteiger partial charge in [0.2, 0.25) is 0 Å². The number of carbonyl (C=O) groups excluding carboxylic acids is 1. The Hall–Kier alpha value is -3.85. The SMILES string of the molecule is COc1ccc(-c2nc3ccc(S(=O)(=O)Nc4ccc(C(=O)OC(C)C)cc4)cc3[nH]2)cc1. The normalized spacial score (nSPS) is 11.5. The van der Waals surface area contributed by atoms with Gasteiger partial charge in [0.05, 0.1) is 34.7 Å². The lowest BCUT2D eigenvalue weighted by molar-refractivity contribution is 0.0378. The number of carbonyl (C=O) groups is 1. The van der Waals surface area contributed by atoms with Crippen molar-refractivity contribution in [1.82, 2.24) is 9.97 Å². The number of hydrogen-bond donors (Lipinski definition) is 2. The van der Waals surface area contributed by atoms with Crippen molar-refractivity contribution in [2.75, 3.05) is 11.8 Å². The van der Waals surface area contributed by atoms with E-state index in [-0.39, 0.29) is 11.0 Å². The maximum atomic E-state index is 12.9. The maximum Gasteiger partial charge on any atom is 0.338 e. The summed E-state index contributed by atoms with van der Waals surface area (Å²) in [7, 11) is -2.25. The summed E-state index contributed by atoms with van der Waals surface area (Å²) in [6, 6.07) is 18.2. The minimum absolute atomic E-state index is 0.0863. The number of fused-ring (bicyclic) bond motifs is 1. The monoisotopic (exact) mass is 465 g/mol. The summed E-state index contributed by atoms with van der Waals surface area (Å²) >= 11 is 0. The first-order valence-corrected chi connectivity index (χ1v) is 11.7. The molecule has 0 aliphatic heterocycles. The number of hydrogen-bond acceptors (Lipinski definition) is 6. The molecule has 0 aliphatic carbocycles. The smallest absolute Gasteiger partial charge is 0.338 e. The van der Waals surface area contributed by atoms with Crippen LogP contribution in [-0.4, -0.2) is 37.6 Å². The molecule has 1 aromatic heterocycles. The maximum absolute atomic E-state index is 12.9. The molecule has 4 aromatic rings. The number of rotatable bonds is 7. The molecular formula is C24H23N3O5S. The highest BCUT2D eigenvalue weighted by Crippen LogP contribution is 2.25. The van der Waals surface area contributed by atoms with Gasteiger partial charge in [-0.25, -0.2) is 18.2 Å². The van der Waals surface area contributed by atoms with Crippen LogP contribution in [0.4, 0.5) is 5.69 Å². The summed E-state index contributed by atoms with van der Waals surface area (Å²) in [6.07, 6.45) is -0.238. The summed E-state index contributed by atoms with van der Waals surface area (Å²) < 4.78 is 38.7. The van der Waals surface area contributed by atoms with Crippen LogP contribution in [0.5, 0.6) is 5.75 Å². The highest BCUT2D eigenvalue weighted by molar-refractivity contribution is 7.92.